The maximum Gasteiger partial charge on any atom is 0.266 e. The van der Waals surface area contributed by atoms with Crippen LogP contribution >= 0.6 is 0 Å². The smallest absolute Gasteiger partial charge is 0.266 e. The highest BCUT2D eigenvalue weighted by molar-refractivity contribution is 7.88. The van der Waals surface area contributed by atoms with E-state index >= 15 is 0 Å². The van der Waals surface area contributed by atoms with Crippen molar-refractivity contribution in [2.75, 3.05) is 67.3 Å². The number of hydrogen-bond acceptors (Lipinski definition) is 22. The number of nitrogens with two attached hydrogens (primary N) is 4. The molecule has 10 N–H and O–H groups in total. The molecule has 6 aliphatic heterocycles. The van der Waals surface area contributed by atoms with Crippen LogP contribution in [0.3, 0.4) is 0 Å². The molecule has 29 nitrogen and oxygen atoms in total. The Morgan fingerprint density at radius 3 is 1.25 bits per heavy atom. The third kappa shape index (κ3) is 22.2. The van der Waals surface area contributed by atoms with Gasteiger partial charge < -0.3 is 47.5 Å². The normalized spacial score (nSPS) is 21.4. The van der Waals surface area contributed by atoms with Crippen LogP contribution in [0.1, 0.15) is 141 Å². The Kier molecular flexibility index (Phi) is 31.8. The van der Waals surface area contributed by atoms with Crippen molar-refractivity contribution < 1.29 is 46.7 Å². The van der Waals surface area contributed by atoms with E-state index < -0.39 is 37.7 Å². The van der Waals surface area contributed by atoms with Gasteiger partial charge in [0.25, 0.3) is 35.4 Å². The molecule has 2 aliphatic carbocycles. The molecule has 6 atom stereocenters. The molecule has 8 heterocycles. The van der Waals surface area contributed by atoms with E-state index in [1.165, 1.54) is 59.4 Å². The first-order valence-corrected chi connectivity index (χ1v) is 51.2. The van der Waals surface area contributed by atoms with E-state index in [0.29, 0.717) is 43.7 Å². The first-order valence-electron chi connectivity index (χ1n) is 49.3. The fourth-order valence-corrected chi connectivity index (χ4v) is 21.7. The van der Waals surface area contributed by atoms with Crippen molar-refractivity contribution >= 4 is 69.3 Å². The van der Waals surface area contributed by atoms with E-state index in [4.69, 9.17) is 37.4 Å². The van der Waals surface area contributed by atoms with E-state index in [9.17, 15) is 37.2 Å². The fourth-order valence-electron chi connectivity index (χ4n) is 20.9. The number of aromatic nitrogens is 3. The second-order valence-electron chi connectivity index (χ2n) is 37.9. The molecule has 30 heteroatoms. The van der Waals surface area contributed by atoms with Gasteiger partial charge in [0, 0.05) is 84.2 Å². The van der Waals surface area contributed by atoms with Crippen molar-refractivity contribution in [2.45, 2.75) is 131 Å². The van der Waals surface area contributed by atoms with Gasteiger partial charge in [0.2, 0.25) is 10.0 Å². The standard InChI is InChI=1S/C29H30N4O3.C24H23N3O2.C21H18N4O.C21H37N3O3S.C20H17N5O/c30-28-31-29(23-10-4-1-5-11-23,24-12-6-2-7-13-24)27(35)33(28)20-22-16-18-32(19-17-22)26(34)21-36-25-14-8-3-9-15-25;1-3-29-21-14-8-10-18(16-21)17-9-7-13-20(15-17)24(19-11-5-4-6-12-19)22(28)27(2)23(25)26-24;1-25-19(26)21(24-20(25)22,17-9-3-2-4-10-17)18-11-5-7-15(13-18)16-8-6-12-23-14-16;1-16-22-21(20(25)24(16)2,13-12-17-8-5-4-6-9-17)15-18-10-7-11-19(14-18)23-28(3,26)27;1-25-18(26)20(24-19(25)21,16-7-3-2-4-8-16)17-9-5-6-14(10-17)15-11-22-13-23-12-15/h1-15,22H,16-21H2,(H2,30,31);4-16H,3H2,1-2H3,(H2,25,26);2-14H,1H3,(H2,22,24);17-19,22-23H,1,4-15H2,2-3H3;2-13H,1H3,(H2,21,24)/t;;;18-,19+,21+;/m...0./s1. The summed E-state index contributed by atoms with van der Waals surface area (Å²) in [5, 5.41) is 3.46. The zero-order chi connectivity index (χ0) is 102. The maximum absolute atomic E-state index is 14.0. The van der Waals surface area contributed by atoms with Crippen molar-refractivity contribution in [2.24, 2.45) is 60.7 Å². The van der Waals surface area contributed by atoms with Gasteiger partial charge in [0.1, 0.15) is 29.2 Å². The van der Waals surface area contributed by atoms with Crippen molar-refractivity contribution in [3.05, 3.63) is 379 Å². The van der Waals surface area contributed by atoms with Crippen molar-refractivity contribution in [3.8, 4) is 44.9 Å². The van der Waals surface area contributed by atoms with Crippen molar-refractivity contribution in [3.63, 3.8) is 0 Å². The lowest BCUT2D eigenvalue weighted by molar-refractivity contribution is -0.136. The molecule has 6 amide bonds. The Bertz CT molecular complexity index is 6650. The van der Waals surface area contributed by atoms with Gasteiger partial charge >= 0.3 is 0 Å². The van der Waals surface area contributed by atoms with Crippen LogP contribution in [0.5, 0.6) is 11.5 Å². The highest BCUT2D eigenvalue weighted by atomic mass is 32.2. The van der Waals surface area contributed by atoms with Crippen LogP contribution in [0.4, 0.5) is 0 Å². The number of rotatable bonds is 25. The lowest BCUT2D eigenvalue weighted by Gasteiger charge is -2.36. The summed E-state index contributed by atoms with van der Waals surface area (Å²) in [5.74, 6) is 3.81. The quantitative estimate of drug-likeness (QED) is 0.0309. The monoisotopic (exact) mass is 1960 g/mol. The van der Waals surface area contributed by atoms with Gasteiger partial charge in [-0.2, -0.15) is 0 Å². The number of likely N-dealkylation sites (tertiary alicyclic amines) is 1. The molecule has 0 bridgehead atoms. The van der Waals surface area contributed by atoms with Crippen LogP contribution in [0.25, 0.3) is 33.4 Å². The number of para-hydroxylation sites is 1. The second kappa shape index (κ2) is 45.2. The third-order valence-corrected chi connectivity index (χ3v) is 29.3. The zero-order valence-corrected chi connectivity index (χ0v) is 83.5. The van der Waals surface area contributed by atoms with E-state index in [1.54, 1.807) is 62.8 Å². The summed E-state index contributed by atoms with van der Waals surface area (Å²) in [6.45, 7) is 8.36. The molecule has 746 valence electrons. The second-order valence-corrected chi connectivity index (χ2v) is 39.7. The summed E-state index contributed by atoms with van der Waals surface area (Å²) < 4.78 is 37.3. The van der Waals surface area contributed by atoms with Crippen LogP contribution in [-0.4, -0.2) is 191 Å². The minimum absolute atomic E-state index is 0.0124. The molecule has 0 radical (unpaired) electrons. The number of sulfonamides is 1. The first-order chi connectivity index (χ1) is 70.1. The molecular weight excluding hydrogens is 1840 g/mol. The SMILES string of the molecule is C=C1N[C@](CCC2CCCCC2)(C[C@H]2CCC[C@@H](NS(C)(=O)=O)C2)C(=O)N1C.CCOc1cccc(-c2cccc(C3(c4ccccc4)N=C(N)N(C)C3=O)c2)c1.CN1C(=O)C(c2ccccc2)(c2cccc(-c3cccnc3)c2)N=C1N.CN1C(=O)C(c2ccccc2)(c2cccc(-c3cncnc3)c2)N=C1N.NC1=NC(c2ccccc2)(c2ccccc2)C(=O)N1CC1CCN(C(=O)COc2ccccc2)CC1. The van der Waals surface area contributed by atoms with Gasteiger partial charge in [-0.05, 0) is 190 Å². The number of carbonyl (C=O) groups is 6. The Balaban J connectivity index is 0.000000131. The number of likely N-dealkylation sites (N-methyl/N-ethyl adjacent to an activating group) is 4. The number of piperidine rings is 1. The minimum atomic E-state index is -3.20. The molecule has 8 aliphatic rings. The molecule has 20 rings (SSSR count). The fraction of sp³-hybridized carbons (Fsp3) is 0.296. The van der Waals surface area contributed by atoms with Gasteiger partial charge in [-0.15, -0.1) is 0 Å². The number of aliphatic imine (C=N–C) groups is 4. The summed E-state index contributed by atoms with van der Waals surface area (Å²) in [6, 6.07) is 92.3. The molecule has 2 saturated carbocycles. The van der Waals surface area contributed by atoms with Crippen molar-refractivity contribution in [1.82, 2.24) is 54.4 Å². The molecule has 10 aromatic carbocycles. The Labute approximate surface area is 847 Å². The number of carbonyl (C=O) groups excluding carboxylic acids is 6. The number of guanidine groups is 4. The third-order valence-electron chi connectivity index (χ3n) is 28.5. The van der Waals surface area contributed by atoms with Gasteiger partial charge in [0.05, 0.1) is 12.9 Å². The van der Waals surface area contributed by atoms with E-state index in [1.807, 2.05) is 303 Å². The van der Waals surface area contributed by atoms with Crippen molar-refractivity contribution in [1.29, 1.82) is 0 Å². The summed E-state index contributed by atoms with van der Waals surface area (Å²) in [7, 11) is 3.55. The summed E-state index contributed by atoms with van der Waals surface area (Å²) in [6.07, 6.45) is 24.3. The number of pyridine rings is 1. The largest absolute Gasteiger partial charge is 0.494 e. The van der Waals surface area contributed by atoms with Gasteiger partial charge in [0.15, 0.2) is 52.6 Å². The molecular formula is C115H125N19O10S. The topological polar surface area (TPSA) is 391 Å². The Morgan fingerprint density at radius 1 is 0.421 bits per heavy atom. The molecule has 12 aromatic rings. The average Bonchev–Trinajstić information content (AvgIpc) is 1.55. The number of amides is 6. The number of hydrogen-bond donors (Lipinski definition) is 6. The van der Waals surface area contributed by atoms with Gasteiger partial charge in [-0.3, -0.25) is 53.4 Å². The zero-order valence-electron chi connectivity index (χ0n) is 82.7. The van der Waals surface area contributed by atoms with Crippen LogP contribution in [0, 0.1) is 17.8 Å². The van der Waals surface area contributed by atoms with Crippen LogP contribution in [0.2, 0.25) is 0 Å². The van der Waals surface area contributed by atoms with E-state index in [2.05, 4.69) is 46.5 Å². The molecule has 145 heavy (non-hydrogen) atoms. The molecule has 2 saturated heterocycles. The first kappa shape index (κ1) is 102. The Morgan fingerprint density at radius 2 is 0.821 bits per heavy atom. The maximum atomic E-state index is 14.0. The van der Waals surface area contributed by atoms with Gasteiger partial charge in [-0.25, -0.2) is 43.1 Å². The summed E-state index contributed by atoms with van der Waals surface area (Å²) in [5.41, 5.74) is 31.2. The number of benzene rings is 10. The average molecular weight is 1970 g/mol. The predicted molar refractivity (Wildman–Crippen MR) is 565 cm³/mol. The lowest BCUT2D eigenvalue weighted by Crippen LogP contribution is -2.49. The predicted octanol–water partition coefficient (Wildman–Crippen LogP) is 15.3. The van der Waals surface area contributed by atoms with Crippen LogP contribution < -0.4 is 42.4 Å². The summed E-state index contributed by atoms with van der Waals surface area (Å²) in [4.78, 5) is 120. The molecule has 2 aromatic heterocycles. The highest BCUT2D eigenvalue weighted by Crippen LogP contribution is 2.47. The molecule has 4 fully saturated rings. The van der Waals surface area contributed by atoms with Gasteiger partial charge in [-0.1, -0.05) is 294 Å². The van der Waals surface area contributed by atoms with E-state index in [0.717, 1.165) is 147 Å². The Hall–Kier alpha value is -15.8. The van der Waals surface area contributed by atoms with E-state index in [-0.39, 0.29) is 77.8 Å². The molecule has 0 spiro atoms. The number of nitrogens with zero attached hydrogens (tertiary/aromatic N) is 13. The lowest BCUT2D eigenvalue weighted by atomic mass is 9.74. The molecule has 3 unspecified atom stereocenters. The summed E-state index contributed by atoms with van der Waals surface area (Å²) >= 11 is 0. The number of ether oxygens (including phenoxy) is 2. The minimum Gasteiger partial charge on any atom is -0.494 e. The van der Waals surface area contributed by atoms with Crippen LogP contribution in [0.15, 0.2) is 355 Å². The highest BCUT2D eigenvalue weighted by Gasteiger charge is 2.55. The van der Waals surface area contributed by atoms with Crippen LogP contribution in [-0.2, 0) is 60.9 Å². The number of nitrogens with one attached hydrogen (secondary N) is 2.